The first kappa shape index (κ1) is 58.4. The molecule has 0 aromatic heterocycles. The Morgan fingerprint density at radius 1 is 0.516 bits per heavy atom. The maximum atomic E-state index is 12.7. The highest BCUT2D eigenvalue weighted by Crippen LogP contribution is 2.43. The first-order valence-corrected chi connectivity index (χ1v) is 24.8. The van der Waals surface area contributed by atoms with Gasteiger partial charge in [0.1, 0.15) is 19.8 Å². The van der Waals surface area contributed by atoms with Crippen molar-refractivity contribution in [3.63, 3.8) is 0 Å². The van der Waals surface area contributed by atoms with E-state index in [0.29, 0.717) is 23.9 Å². The van der Waals surface area contributed by atoms with Crippen LogP contribution in [0.5, 0.6) is 0 Å². The minimum Gasteiger partial charge on any atom is -0.461 e. The molecule has 0 heterocycles. The molecule has 0 aliphatic heterocycles. The molecule has 0 aromatic rings. The van der Waals surface area contributed by atoms with Crippen LogP contribution in [0.3, 0.4) is 0 Å². The SMILES string of the molecule is CC/C=C\C/C=C\C/C=C\C/C=C\C/C=C\CCCCCCCCCC(=O)OC(COC(=O)C/C=C\C/C=C\C/C=C\C/C=C\C/C=C\CC)COP(=O)(O)OCC[N+](C)(C)C. The average molecular weight is 883 g/mol. The number of ether oxygens (including phenoxy) is 2. The Kier molecular flexibility index (Phi) is 40.2. The van der Waals surface area contributed by atoms with Crippen molar-refractivity contribution in [3.8, 4) is 0 Å². The molecule has 0 saturated carbocycles. The maximum absolute atomic E-state index is 12.7. The largest absolute Gasteiger partial charge is 0.472 e. The lowest BCUT2D eigenvalue weighted by atomic mass is 10.1. The fourth-order valence-electron chi connectivity index (χ4n) is 5.46. The lowest BCUT2D eigenvalue weighted by molar-refractivity contribution is -0.870. The van der Waals surface area contributed by atoms with Crippen molar-refractivity contribution in [2.75, 3.05) is 47.5 Å². The van der Waals surface area contributed by atoms with E-state index in [0.717, 1.165) is 89.9 Å². The number of rotatable bonds is 40. The highest BCUT2D eigenvalue weighted by Gasteiger charge is 2.27. The molecule has 2 unspecified atom stereocenters. The van der Waals surface area contributed by atoms with Gasteiger partial charge in [0, 0.05) is 6.42 Å². The Labute approximate surface area is 378 Å². The van der Waals surface area contributed by atoms with E-state index < -0.39 is 32.5 Å². The Morgan fingerprint density at radius 3 is 1.37 bits per heavy atom. The molecule has 0 bridgehead atoms. The number of likely N-dealkylation sites (N-methyl/N-ethyl adjacent to an activating group) is 1. The molecule has 0 spiro atoms. The molecule has 9 nitrogen and oxygen atoms in total. The summed E-state index contributed by atoms with van der Waals surface area (Å²) in [5.41, 5.74) is 0. The number of hydrogen-bond acceptors (Lipinski definition) is 7. The second kappa shape index (κ2) is 42.7. The second-order valence-electron chi connectivity index (χ2n) is 16.0. The van der Waals surface area contributed by atoms with Crippen LogP contribution in [0.15, 0.2) is 122 Å². The van der Waals surface area contributed by atoms with Crippen LogP contribution in [0.1, 0.15) is 142 Å². The number of carbonyl (C=O) groups is 2. The number of nitrogens with zero attached hydrogens (tertiary/aromatic N) is 1. The van der Waals surface area contributed by atoms with E-state index in [2.05, 4.69) is 117 Å². The Balaban J connectivity index is 4.45. The Morgan fingerprint density at radius 2 is 0.919 bits per heavy atom. The maximum Gasteiger partial charge on any atom is 0.472 e. The van der Waals surface area contributed by atoms with Gasteiger partial charge in [-0.15, -0.1) is 0 Å². The molecule has 62 heavy (non-hydrogen) atoms. The lowest BCUT2D eigenvalue weighted by Crippen LogP contribution is -2.37. The summed E-state index contributed by atoms with van der Waals surface area (Å²) >= 11 is 0. The van der Waals surface area contributed by atoms with E-state index in [-0.39, 0.29) is 26.1 Å². The van der Waals surface area contributed by atoms with Crippen LogP contribution in [0.4, 0.5) is 0 Å². The molecule has 0 rings (SSSR count). The van der Waals surface area contributed by atoms with E-state index in [4.69, 9.17) is 18.5 Å². The minimum atomic E-state index is -4.41. The first-order valence-electron chi connectivity index (χ1n) is 23.3. The fraction of sp³-hybridized carbons (Fsp3) is 0.577. The van der Waals surface area contributed by atoms with Crippen molar-refractivity contribution >= 4 is 19.8 Å². The van der Waals surface area contributed by atoms with Crippen molar-refractivity contribution in [2.24, 2.45) is 0 Å². The normalized spacial score (nSPS) is 14.6. The number of phosphoric acid groups is 1. The number of hydrogen-bond donors (Lipinski definition) is 1. The third kappa shape index (κ3) is 45.9. The van der Waals surface area contributed by atoms with Crippen LogP contribution >= 0.6 is 7.82 Å². The third-order valence-corrected chi connectivity index (χ3v) is 10.0. The van der Waals surface area contributed by atoms with Gasteiger partial charge in [0.15, 0.2) is 6.10 Å². The minimum absolute atomic E-state index is 0.00820. The van der Waals surface area contributed by atoms with Crippen molar-refractivity contribution in [1.29, 1.82) is 0 Å². The summed E-state index contributed by atoms with van der Waals surface area (Å²) in [5, 5.41) is 0. The molecule has 1 N–H and O–H groups in total. The van der Waals surface area contributed by atoms with Gasteiger partial charge in [-0.3, -0.25) is 18.6 Å². The van der Waals surface area contributed by atoms with Crippen molar-refractivity contribution < 1.29 is 42.1 Å². The van der Waals surface area contributed by atoms with Crippen LogP contribution in [-0.4, -0.2) is 74.9 Å². The quantitative estimate of drug-likeness (QED) is 0.0213. The van der Waals surface area contributed by atoms with Gasteiger partial charge in [0.05, 0.1) is 34.2 Å². The smallest absolute Gasteiger partial charge is 0.461 e. The van der Waals surface area contributed by atoms with Crippen LogP contribution in [0.2, 0.25) is 0 Å². The van der Waals surface area contributed by atoms with Gasteiger partial charge in [-0.25, -0.2) is 4.57 Å². The predicted octanol–water partition coefficient (Wildman–Crippen LogP) is 13.7. The third-order valence-electron chi connectivity index (χ3n) is 9.02. The summed E-state index contributed by atoms with van der Waals surface area (Å²) in [6, 6.07) is 0. The number of allylic oxidation sites excluding steroid dienone is 19. The topological polar surface area (TPSA) is 108 Å². The predicted molar refractivity (Wildman–Crippen MR) is 261 cm³/mol. The zero-order valence-electron chi connectivity index (χ0n) is 39.3. The van der Waals surface area contributed by atoms with Gasteiger partial charge in [0.25, 0.3) is 0 Å². The fourth-order valence-corrected chi connectivity index (χ4v) is 6.21. The van der Waals surface area contributed by atoms with Crippen molar-refractivity contribution in [2.45, 2.75) is 148 Å². The summed E-state index contributed by atoms with van der Waals surface area (Å²) < 4.78 is 34.2. The van der Waals surface area contributed by atoms with Crippen LogP contribution in [-0.2, 0) is 32.7 Å². The molecular formula is C52H85NO8P+. The van der Waals surface area contributed by atoms with Crippen LogP contribution in [0.25, 0.3) is 0 Å². The van der Waals surface area contributed by atoms with E-state index >= 15 is 0 Å². The number of quaternary nitrogens is 1. The number of unbranched alkanes of at least 4 members (excludes halogenated alkanes) is 7. The van der Waals surface area contributed by atoms with E-state index in [1.54, 1.807) is 6.08 Å². The molecule has 0 amide bonds. The Hall–Kier alpha value is -3.59. The van der Waals surface area contributed by atoms with Gasteiger partial charge in [-0.05, 0) is 83.5 Å². The monoisotopic (exact) mass is 883 g/mol. The summed E-state index contributed by atoms with van der Waals surface area (Å²) in [4.78, 5) is 35.4. The molecule has 0 radical (unpaired) electrons. The molecule has 350 valence electrons. The van der Waals surface area contributed by atoms with Gasteiger partial charge in [0.2, 0.25) is 0 Å². The van der Waals surface area contributed by atoms with Gasteiger partial charge >= 0.3 is 19.8 Å². The standard InChI is InChI=1S/C52H84NO8P/c1-6-8-10-12-14-16-18-20-22-23-24-25-26-27-28-29-31-33-35-37-39-41-43-45-52(55)61-50(49-60-62(56,57)59-47-46-53(3,4)5)48-58-51(54)44-42-40-38-36-34-32-30-21-19-17-15-13-11-9-7-2/h8-11,14-17,20-22,24-25,27-28,30,34,36,40,42,50H,6-7,12-13,18-19,23,26,29,31-33,35,37-39,41,43-49H2,1-5H3/p+1/b10-8-,11-9-,16-14-,17-15-,22-20-,25-24-,28-27-,30-21-,36-34-,42-40-. The zero-order chi connectivity index (χ0) is 45.7. The molecular weight excluding hydrogens is 798 g/mol. The van der Waals surface area contributed by atoms with E-state index in [1.807, 2.05) is 33.3 Å². The summed E-state index contributed by atoms with van der Waals surface area (Å²) in [5.74, 6) is -0.972. The molecule has 0 aliphatic carbocycles. The molecule has 2 atom stereocenters. The van der Waals surface area contributed by atoms with Gasteiger partial charge < -0.3 is 18.9 Å². The Bertz CT molecular complexity index is 1460. The molecule has 0 aliphatic rings. The highest BCUT2D eigenvalue weighted by molar-refractivity contribution is 7.47. The molecule has 0 aromatic carbocycles. The number of esters is 2. The molecule has 0 saturated heterocycles. The molecule has 10 heteroatoms. The van der Waals surface area contributed by atoms with E-state index in [9.17, 15) is 19.0 Å². The highest BCUT2D eigenvalue weighted by atomic mass is 31.2. The van der Waals surface area contributed by atoms with E-state index in [1.165, 1.54) is 12.8 Å². The van der Waals surface area contributed by atoms with Crippen molar-refractivity contribution in [3.05, 3.63) is 122 Å². The van der Waals surface area contributed by atoms with Crippen LogP contribution in [0, 0.1) is 0 Å². The summed E-state index contributed by atoms with van der Waals surface area (Å²) in [6.07, 6.45) is 59.9. The number of phosphoric ester groups is 1. The second-order valence-corrected chi connectivity index (χ2v) is 17.5. The molecule has 0 fully saturated rings. The summed E-state index contributed by atoms with van der Waals surface area (Å²) in [6.45, 7) is 4.03. The first-order chi connectivity index (χ1) is 30.0. The van der Waals surface area contributed by atoms with Gasteiger partial charge in [-0.1, -0.05) is 167 Å². The lowest BCUT2D eigenvalue weighted by Gasteiger charge is -2.24. The number of carbonyl (C=O) groups excluding carboxylic acids is 2. The zero-order valence-corrected chi connectivity index (χ0v) is 40.2. The summed E-state index contributed by atoms with van der Waals surface area (Å²) in [7, 11) is 1.40. The van der Waals surface area contributed by atoms with Crippen LogP contribution < -0.4 is 0 Å². The average Bonchev–Trinajstić information content (AvgIpc) is 3.23. The van der Waals surface area contributed by atoms with Gasteiger partial charge in [-0.2, -0.15) is 0 Å². The van der Waals surface area contributed by atoms with Crippen molar-refractivity contribution in [1.82, 2.24) is 0 Å².